The Kier molecular flexibility index (Phi) is 3.17. The molecule has 2 aromatic rings. The Morgan fingerprint density at radius 1 is 1.06 bits per heavy atom. The van der Waals surface area contributed by atoms with Crippen LogP contribution in [0.4, 0.5) is 4.39 Å². The maximum absolute atomic E-state index is 13.4. The molecule has 3 heteroatoms. The Bertz CT molecular complexity index is 469. The van der Waals surface area contributed by atoms with Crippen LogP contribution in [-0.2, 0) is 11.7 Å². The molecule has 0 aliphatic rings. The molecule has 0 aromatic heterocycles. The minimum absolute atomic E-state index is 0.0829. The van der Waals surface area contributed by atoms with E-state index in [0.717, 1.165) is 0 Å². The van der Waals surface area contributed by atoms with Crippen LogP contribution in [0.5, 0.6) is 11.5 Å². The summed E-state index contributed by atoms with van der Waals surface area (Å²) >= 11 is 0. The Labute approximate surface area is 92.9 Å². The van der Waals surface area contributed by atoms with Gasteiger partial charge in [0.25, 0.3) is 0 Å². The molecule has 0 bridgehead atoms. The third-order valence-electron chi connectivity index (χ3n) is 2.13. The fourth-order valence-corrected chi connectivity index (χ4v) is 1.33. The van der Waals surface area contributed by atoms with E-state index in [1.807, 2.05) is 6.07 Å². The first-order valence-electron chi connectivity index (χ1n) is 4.89. The monoisotopic (exact) mass is 217 g/mol. The number of rotatable bonds is 3. The summed E-state index contributed by atoms with van der Waals surface area (Å²) in [5.74, 6) is 0.157. The van der Waals surface area contributed by atoms with Gasteiger partial charge in [0.1, 0.15) is 12.4 Å². The van der Waals surface area contributed by atoms with E-state index in [2.05, 4.69) is 0 Å². The SMILES string of the molecule is [O]Cc1ccc(F)c(Oc2ccccc2)c1. The fraction of sp³-hybridized carbons (Fsp3) is 0.0769. The van der Waals surface area contributed by atoms with Crippen molar-refractivity contribution in [2.75, 3.05) is 0 Å². The molecule has 0 aliphatic heterocycles. The lowest BCUT2D eigenvalue weighted by Crippen LogP contribution is -1.90. The molecule has 16 heavy (non-hydrogen) atoms. The van der Waals surface area contributed by atoms with Crippen molar-refractivity contribution in [2.45, 2.75) is 6.61 Å². The highest BCUT2D eigenvalue weighted by Gasteiger charge is 2.05. The van der Waals surface area contributed by atoms with Crippen LogP contribution >= 0.6 is 0 Å². The molecule has 2 rings (SSSR count). The topological polar surface area (TPSA) is 29.1 Å². The highest BCUT2D eigenvalue weighted by atomic mass is 19.1. The van der Waals surface area contributed by atoms with Gasteiger partial charge in [-0.05, 0) is 29.8 Å². The number of hydrogen-bond acceptors (Lipinski definition) is 1. The number of halogens is 1. The summed E-state index contributed by atoms with van der Waals surface area (Å²) in [6.45, 7) is -0.384. The molecule has 0 heterocycles. The van der Waals surface area contributed by atoms with Crippen molar-refractivity contribution >= 4 is 0 Å². The zero-order valence-corrected chi connectivity index (χ0v) is 8.52. The van der Waals surface area contributed by atoms with E-state index in [9.17, 15) is 9.50 Å². The minimum atomic E-state index is -0.471. The maximum atomic E-state index is 13.4. The van der Waals surface area contributed by atoms with Crippen molar-refractivity contribution < 1.29 is 14.2 Å². The second-order valence-corrected chi connectivity index (χ2v) is 3.32. The van der Waals surface area contributed by atoms with Gasteiger partial charge in [0, 0.05) is 0 Å². The molecule has 1 radical (unpaired) electrons. The Morgan fingerprint density at radius 3 is 2.50 bits per heavy atom. The van der Waals surface area contributed by atoms with Gasteiger partial charge >= 0.3 is 0 Å². The van der Waals surface area contributed by atoms with Crippen LogP contribution in [0, 0.1) is 5.82 Å². The molecule has 81 valence electrons. The summed E-state index contributed by atoms with van der Waals surface area (Å²) in [6.07, 6.45) is 0. The van der Waals surface area contributed by atoms with Crippen LogP contribution in [-0.4, -0.2) is 0 Å². The molecule has 2 aromatic carbocycles. The smallest absolute Gasteiger partial charge is 0.165 e. The van der Waals surface area contributed by atoms with Gasteiger partial charge in [0.15, 0.2) is 11.6 Å². The average molecular weight is 217 g/mol. The van der Waals surface area contributed by atoms with Crippen LogP contribution in [0.15, 0.2) is 48.5 Å². The lowest BCUT2D eigenvalue weighted by atomic mass is 10.2. The zero-order valence-electron chi connectivity index (χ0n) is 8.52. The molecular weight excluding hydrogens is 207 g/mol. The van der Waals surface area contributed by atoms with Gasteiger partial charge in [-0.3, -0.25) is 0 Å². The molecule has 0 aliphatic carbocycles. The van der Waals surface area contributed by atoms with Crippen molar-refractivity contribution in [3.05, 3.63) is 59.9 Å². The first-order chi connectivity index (χ1) is 7.79. The van der Waals surface area contributed by atoms with Crippen LogP contribution in [0.1, 0.15) is 5.56 Å². The molecule has 0 saturated carbocycles. The Hall–Kier alpha value is -1.87. The lowest BCUT2D eigenvalue weighted by Gasteiger charge is -2.07. The van der Waals surface area contributed by atoms with Gasteiger partial charge < -0.3 is 4.74 Å². The Balaban J connectivity index is 2.27. The number of para-hydroxylation sites is 1. The highest BCUT2D eigenvalue weighted by Crippen LogP contribution is 2.25. The zero-order chi connectivity index (χ0) is 11.4. The summed E-state index contributed by atoms with van der Waals surface area (Å²) in [7, 11) is 0. The van der Waals surface area contributed by atoms with E-state index in [1.54, 1.807) is 24.3 Å². The second kappa shape index (κ2) is 4.77. The van der Waals surface area contributed by atoms with Crippen LogP contribution in [0.3, 0.4) is 0 Å². The molecule has 0 spiro atoms. The average Bonchev–Trinajstić information content (AvgIpc) is 2.33. The van der Waals surface area contributed by atoms with E-state index in [0.29, 0.717) is 11.3 Å². The summed E-state index contributed by atoms with van der Waals surface area (Å²) < 4.78 is 18.7. The first-order valence-corrected chi connectivity index (χ1v) is 4.89. The molecule has 0 fully saturated rings. The Morgan fingerprint density at radius 2 is 1.81 bits per heavy atom. The predicted molar refractivity (Wildman–Crippen MR) is 57.3 cm³/mol. The van der Waals surface area contributed by atoms with Crippen LogP contribution in [0.25, 0.3) is 0 Å². The standard InChI is InChI=1S/C13H10FO2/c14-12-7-6-10(9-15)8-13(12)16-11-4-2-1-3-5-11/h1-8H,9H2. The molecule has 2 nitrogen and oxygen atoms in total. The van der Waals surface area contributed by atoms with E-state index in [4.69, 9.17) is 4.74 Å². The molecule has 0 atom stereocenters. The van der Waals surface area contributed by atoms with Gasteiger partial charge in [0.2, 0.25) is 0 Å². The van der Waals surface area contributed by atoms with Crippen LogP contribution < -0.4 is 4.74 Å². The molecule has 0 amide bonds. The van der Waals surface area contributed by atoms with Gasteiger partial charge in [0.05, 0.1) is 0 Å². The summed E-state index contributed by atoms with van der Waals surface area (Å²) in [5, 5.41) is 10.7. The van der Waals surface area contributed by atoms with Crippen LogP contribution in [0.2, 0.25) is 0 Å². The van der Waals surface area contributed by atoms with Gasteiger partial charge in [-0.25, -0.2) is 9.50 Å². The van der Waals surface area contributed by atoms with Crippen molar-refractivity contribution in [1.82, 2.24) is 0 Å². The number of ether oxygens (including phenoxy) is 1. The van der Waals surface area contributed by atoms with E-state index in [1.165, 1.54) is 18.2 Å². The van der Waals surface area contributed by atoms with Gasteiger partial charge in [-0.2, -0.15) is 0 Å². The number of benzene rings is 2. The first kappa shape index (κ1) is 10.6. The summed E-state index contributed by atoms with van der Waals surface area (Å²) in [5.41, 5.74) is 0.507. The third kappa shape index (κ3) is 2.38. The van der Waals surface area contributed by atoms with Gasteiger partial charge in [-0.1, -0.05) is 24.3 Å². The second-order valence-electron chi connectivity index (χ2n) is 3.32. The normalized spacial score (nSPS) is 10.1. The maximum Gasteiger partial charge on any atom is 0.165 e. The molecule has 0 saturated heterocycles. The van der Waals surface area contributed by atoms with Crippen molar-refractivity contribution in [2.24, 2.45) is 0 Å². The minimum Gasteiger partial charge on any atom is -0.454 e. The molecular formula is C13H10FO2. The summed E-state index contributed by atoms with van der Waals surface area (Å²) in [4.78, 5) is 0. The van der Waals surface area contributed by atoms with Crippen molar-refractivity contribution in [3.63, 3.8) is 0 Å². The lowest BCUT2D eigenvalue weighted by molar-refractivity contribution is 0.177. The van der Waals surface area contributed by atoms with Crippen molar-refractivity contribution in [3.8, 4) is 11.5 Å². The van der Waals surface area contributed by atoms with E-state index in [-0.39, 0.29) is 12.4 Å². The van der Waals surface area contributed by atoms with Gasteiger partial charge in [-0.15, -0.1) is 0 Å². The predicted octanol–water partition coefficient (Wildman–Crippen LogP) is 3.55. The summed E-state index contributed by atoms with van der Waals surface area (Å²) in [6, 6.07) is 13.0. The highest BCUT2D eigenvalue weighted by molar-refractivity contribution is 5.34. The van der Waals surface area contributed by atoms with Crippen molar-refractivity contribution in [1.29, 1.82) is 0 Å². The largest absolute Gasteiger partial charge is 0.454 e. The quantitative estimate of drug-likeness (QED) is 0.772. The van der Waals surface area contributed by atoms with E-state index < -0.39 is 5.82 Å². The third-order valence-corrected chi connectivity index (χ3v) is 2.13. The number of hydrogen-bond donors (Lipinski definition) is 0. The molecule has 0 unspecified atom stereocenters. The fourth-order valence-electron chi connectivity index (χ4n) is 1.33. The van der Waals surface area contributed by atoms with E-state index >= 15 is 0 Å². The molecule has 0 N–H and O–H groups in total.